The summed E-state index contributed by atoms with van der Waals surface area (Å²) in [6.45, 7) is 1.77. The first-order valence-electron chi connectivity index (χ1n) is 3.65. The van der Waals surface area contributed by atoms with Gasteiger partial charge in [0.25, 0.3) is 0 Å². The number of hydrogen-bond acceptors (Lipinski definition) is 2. The lowest BCUT2D eigenvalue weighted by atomic mass is 10.1. The van der Waals surface area contributed by atoms with Gasteiger partial charge in [-0.3, -0.25) is 0 Å². The molecule has 2 nitrogen and oxygen atoms in total. The van der Waals surface area contributed by atoms with Crippen LogP contribution in [0.2, 0.25) is 10.0 Å². The molecule has 0 aliphatic carbocycles. The zero-order chi connectivity index (χ0) is 10.0. The smallest absolute Gasteiger partial charge is 0.0458 e. The van der Waals surface area contributed by atoms with Crippen LogP contribution in [0.4, 0.5) is 0 Å². The van der Waals surface area contributed by atoms with Gasteiger partial charge < -0.3 is 9.90 Å². The SMILES string of the molecule is Cc1c(Cl)cc(CC(=O)[O-])cc1Cl. The normalized spacial score (nSPS) is 10.1. The van der Waals surface area contributed by atoms with E-state index in [1.807, 2.05) is 0 Å². The predicted molar refractivity (Wildman–Crippen MR) is 49.9 cm³/mol. The monoisotopic (exact) mass is 217 g/mol. The zero-order valence-electron chi connectivity index (χ0n) is 6.93. The molecule has 0 bridgehead atoms. The first-order chi connectivity index (χ1) is 6.00. The van der Waals surface area contributed by atoms with Crippen LogP contribution in [0.5, 0.6) is 0 Å². The van der Waals surface area contributed by atoms with E-state index in [0.29, 0.717) is 15.6 Å². The standard InChI is InChI=1S/C9H8Cl2O2/c1-5-7(10)2-6(3-8(5)11)4-9(12)13/h2-3H,4H2,1H3,(H,12,13)/p-1. The molecule has 1 aromatic carbocycles. The van der Waals surface area contributed by atoms with Crippen LogP contribution in [0, 0.1) is 6.92 Å². The quantitative estimate of drug-likeness (QED) is 0.756. The summed E-state index contributed by atoms with van der Waals surface area (Å²) in [5.41, 5.74) is 1.31. The average molecular weight is 218 g/mol. The highest BCUT2D eigenvalue weighted by atomic mass is 35.5. The molecular weight excluding hydrogens is 211 g/mol. The third kappa shape index (κ3) is 2.61. The van der Waals surface area contributed by atoms with Crippen LogP contribution in [0.3, 0.4) is 0 Å². The van der Waals surface area contributed by atoms with Gasteiger partial charge in [-0.15, -0.1) is 0 Å². The minimum absolute atomic E-state index is 0.167. The van der Waals surface area contributed by atoms with Crippen molar-refractivity contribution in [1.29, 1.82) is 0 Å². The van der Waals surface area contributed by atoms with E-state index in [-0.39, 0.29) is 6.42 Å². The number of hydrogen-bond donors (Lipinski definition) is 0. The zero-order valence-corrected chi connectivity index (χ0v) is 8.45. The van der Waals surface area contributed by atoms with Crippen molar-refractivity contribution >= 4 is 29.2 Å². The van der Waals surface area contributed by atoms with Gasteiger partial charge in [0, 0.05) is 22.4 Å². The maximum atomic E-state index is 10.3. The molecule has 0 amide bonds. The van der Waals surface area contributed by atoms with Crippen molar-refractivity contribution in [3.63, 3.8) is 0 Å². The van der Waals surface area contributed by atoms with Gasteiger partial charge in [-0.2, -0.15) is 0 Å². The Hall–Kier alpha value is -0.730. The molecule has 0 atom stereocenters. The molecule has 0 unspecified atom stereocenters. The average Bonchev–Trinajstić information content (AvgIpc) is 1.98. The lowest BCUT2D eigenvalue weighted by Gasteiger charge is -2.06. The Kier molecular flexibility index (Phi) is 3.17. The van der Waals surface area contributed by atoms with E-state index in [1.54, 1.807) is 19.1 Å². The number of rotatable bonds is 2. The van der Waals surface area contributed by atoms with Crippen molar-refractivity contribution in [2.24, 2.45) is 0 Å². The second kappa shape index (κ2) is 3.99. The molecule has 0 saturated carbocycles. The number of carbonyl (C=O) groups is 1. The fraction of sp³-hybridized carbons (Fsp3) is 0.222. The fourth-order valence-electron chi connectivity index (χ4n) is 0.967. The van der Waals surface area contributed by atoms with Crippen molar-refractivity contribution in [3.05, 3.63) is 33.3 Å². The molecule has 4 heteroatoms. The largest absolute Gasteiger partial charge is 0.550 e. The Morgan fingerprint density at radius 1 is 1.38 bits per heavy atom. The highest BCUT2D eigenvalue weighted by molar-refractivity contribution is 6.36. The molecule has 1 rings (SSSR count). The van der Waals surface area contributed by atoms with Gasteiger partial charge in [0.1, 0.15) is 0 Å². The van der Waals surface area contributed by atoms with Crippen LogP contribution in [0.25, 0.3) is 0 Å². The lowest BCUT2D eigenvalue weighted by Crippen LogP contribution is -2.24. The Morgan fingerprint density at radius 2 is 1.85 bits per heavy atom. The lowest BCUT2D eigenvalue weighted by molar-refractivity contribution is -0.304. The minimum Gasteiger partial charge on any atom is -0.550 e. The summed E-state index contributed by atoms with van der Waals surface area (Å²) in [4.78, 5) is 10.3. The topological polar surface area (TPSA) is 40.1 Å². The van der Waals surface area contributed by atoms with Gasteiger partial charge >= 0.3 is 0 Å². The molecule has 0 aliphatic rings. The third-order valence-electron chi connectivity index (χ3n) is 1.69. The Bertz CT molecular complexity index is 324. The first-order valence-corrected chi connectivity index (χ1v) is 4.40. The molecule has 0 aromatic heterocycles. The maximum Gasteiger partial charge on any atom is 0.0458 e. The molecule has 0 fully saturated rings. The van der Waals surface area contributed by atoms with E-state index in [2.05, 4.69) is 0 Å². The predicted octanol–water partition coefficient (Wildman–Crippen LogP) is 1.59. The van der Waals surface area contributed by atoms with Gasteiger partial charge in [-0.1, -0.05) is 23.2 Å². The Balaban J connectivity index is 3.06. The summed E-state index contributed by atoms with van der Waals surface area (Å²) in [6, 6.07) is 3.16. The third-order valence-corrected chi connectivity index (χ3v) is 2.47. The molecule has 0 saturated heterocycles. The second-order valence-electron chi connectivity index (χ2n) is 2.73. The van der Waals surface area contributed by atoms with E-state index in [4.69, 9.17) is 23.2 Å². The fourth-order valence-corrected chi connectivity index (χ4v) is 1.50. The van der Waals surface area contributed by atoms with Crippen molar-refractivity contribution in [2.45, 2.75) is 13.3 Å². The summed E-state index contributed by atoms with van der Waals surface area (Å²) < 4.78 is 0. The summed E-state index contributed by atoms with van der Waals surface area (Å²) >= 11 is 11.6. The van der Waals surface area contributed by atoms with Gasteiger partial charge in [-0.25, -0.2) is 0 Å². The van der Waals surface area contributed by atoms with Crippen molar-refractivity contribution in [3.8, 4) is 0 Å². The summed E-state index contributed by atoms with van der Waals surface area (Å²) in [5, 5.41) is 11.2. The van der Waals surface area contributed by atoms with Crippen molar-refractivity contribution in [1.82, 2.24) is 0 Å². The van der Waals surface area contributed by atoms with E-state index in [0.717, 1.165) is 5.56 Å². The van der Waals surface area contributed by atoms with E-state index >= 15 is 0 Å². The molecular formula is C9H7Cl2O2-. The van der Waals surface area contributed by atoms with Crippen LogP contribution in [-0.2, 0) is 11.2 Å². The first kappa shape index (κ1) is 10.4. The molecule has 0 spiro atoms. The van der Waals surface area contributed by atoms with E-state index < -0.39 is 5.97 Å². The maximum absolute atomic E-state index is 10.3. The van der Waals surface area contributed by atoms with Crippen LogP contribution >= 0.6 is 23.2 Å². The molecule has 1 aromatic rings. The van der Waals surface area contributed by atoms with Crippen LogP contribution in [-0.4, -0.2) is 5.97 Å². The molecule has 13 heavy (non-hydrogen) atoms. The number of carboxylic acid groups (broad SMARTS) is 1. The van der Waals surface area contributed by atoms with Gasteiger partial charge in [0.2, 0.25) is 0 Å². The number of halogens is 2. The van der Waals surface area contributed by atoms with Gasteiger partial charge in [0.05, 0.1) is 0 Å². The van der Waals surface area contributed by atoms with Gasteiger partial charge in [-0.05, 0) is 30.2 Å². The molecule has 0 aliphatic heterocycles. The second-order valence-corrected chi connectivity index (χ2v) is 3.55. The van der Waals surface area contributed by atoms with Crippen molar-refractivity contribution in [2.75, 3.05) is 0 Å². The Labute approximate surface area is 86.1 Å². The molecule has 70 valence electrons. The molecule has 0 N–H and O–H groups in total. The number of carbonyl (C=O) groups excluding carboxylic acids is 1. The minimum atomic E-state index is -1.14. The number of aliphatic carboxylic acids is 1. The summed E-state index contributed by atoms with van der Waals surface area (Å²) in [7, 11) is 0. The molecule has 0 heterocycles. The number of benzene rings is 1. The van der Waals surface area contributed by atoms with Gasteiger partial charge in [0.15, 0.2) is 0 Å². The van der Waals surface area contributed by atoms with Crippen LogP contribution < -0.4 is 5.11 Å². The molecule has 0 radical (unpaired) electrons. The Morgan fingerprint density at radius 3 is 2.23 bits per heavy atom. The summed E-state index contributed by atoms with van der Waals surface area (Å²) in [6.07, 6.45) is -0.167. The van der Waals surface area contributed by atoms with Crippen LogP contribution in [0.15, 0.2) is 12.1 Å². The van der Waals surface area contributed by atoms with E-state index in [1.165, 1.54) is 0 Å². The van der Waals surface area contributed by atoms with Crippen molar-refractivity contribution < 1.29 is 9.90 Å². The number of carboxylic acids is 1. The highest BCUT2D eigenvalue weighted by Gasteiger charge is 2.03. The summed E-state index contributed by atoms with van der Waals surface area (Å²) in [5.74, 6) is -1.14. The van der Waals surface area contributed by atoms with E-state index in [9.17, 15) is 9.90 Å². The van der Waals surface area contributed by atoms with Crippen LogP contribution in [0.1, 0.15) is 11.1 Å². The highest BCUT2D eigenvalue weighted by Crippen LogP contribution is 2.25.